The standard InChI is InChI=1S/C19H21N3OS/c1-13-7-5-6-10-22(13)12-17-20-18(23)15-11-16(24-19(15)21-17)14-8-3-2-4-9-14/h2-4,8-9,11,13H,5-7,10,12H2,1H3,(H,20,21,23)/t13-/m1/s1. The first-order valence-corrected chi connectivity index (χ1v) is 9.34. The maximum absolute atomic E-state index is 12.5. The highest BCUT2D eigenvalue weighted by Crippen LogP contribution is 2.30. The van der Waals surface area contributed by atoms with E-state index in [9.17, 15) is 4.79 Å². The van der Waals surface area contributed by atoms with Crippen molar-refractivity contribution in [3.63, 3.8) is 0 Å². The predicted molar refractivity (Wildman–Crippen MR) is 99.4 cm³/mol. The van der Waals surface area contributed by atoms with Crippen molar-refractivity contribution < 1.29 is 0 Å². The van der Waals surface area contributed by atoms with Gasteiger partial charge in [-0.05, 0) is 37.9 Å². The Morgan fingerprint density at radius 1 is 1.29 bits per heavy atom. The first-order chi connectivity index (χ1) is 11.7. The number of hydrogen-bond acceptors (Lipinski definition) is 4. The number of fused-ring (bicyclic) bond motifs is 1. The Kier molecular flexibility index (Phi) is 4.21. The third kappa shape index (κ3) is 3.01. The van der Waals surface area contributed by atoms with Crippen LogP contribution in [0.2, 0.25) is 0 Å². The minimum Gasteiger partial charge on any atom is -0.309 e. The summed E-state index contributed by atoms with van der Waals surface area (Å²) in [6.07, 6.45) is 3.75. The van der Waals surface area contributed by atoms with E-state index in [1.54, 1.807) is 11.3 Å². The SMILES string of the molecule is C[C@@H]1CCCCN1Cc1nc2sc(-c3ccccc3)cc2c(=O)[nH]1. The van der Waals surface area contributed by atoms with E-state index in [1.165, 1.54) is 19.3 Å². The number of piperidine rings is 1. The van der Waals surface area contributed by atoms with Gasteiger partial charge in [0.2, 0.25) is 0 Å². The molecule has 4 nitrogen and oxygen atoms in total. The van der Waals surface area contributed by atoms with Crippen LogP contribution in [0.1, 0.15) is 32.0 Å². The third-order valence-electron chi connectivity index (χ3n) is 4.80. The Hall–Kier alpha value is -1.98. The highest BCUT2D eigenvalue weighted by molar-refractivity contribution is 7.21. The van der Waals surface area contributed by atoms with Crippen molar-refractivity contribution in [2.45, 2.75) is 38.8 Å². The Morgan fingerprint density at radius 3 is 2.92 bits per heavy atom. The molecule has 0 radical (unpaired) electrons. The van der Waals surface area contributed by atoms with E-state index < -0.39 is 0 Å². The summed E-state index contributed by atoms with van der Waals surface area (Å²) in [7, 11) is 0. The van der Waals surface area contributed by atoms with Crippen LogP contribution >= 0.6 is 11.3 Å². The van der Waals surface area contributed by atoms with Crippen molar-refractivity contribution in [3.05, 3.63) is 52.6 Å². The lowest BCUT2D eigenvalue weighted by atomic mass is 10.0. The second-order valence-corrected chi connectivity index (χ2v) is 7.55. The number of thiophene rings is 1. The fourth-order valence-corrected chi connectivity index (χ4v) is 4.44. The van der Waals surface area contributed by atoms with Gasteiger partial charge in [-0.25, -0.2) is 4.98 Å². The van der Waals surface area contributed by atoms with Crippen molar-refractivity contribution in [1.82, 2.24) is 14.9 Å². The van der Waals surface area contributed by atoms with Crippen LogP contribution in [0, 0.1) is 0 Å². The van der Waals surface area contributed by atoms with Crippen LogP contribution in [-0.2, 0) is 6.54 Å². The van der Waals surface area contributed by atoms with E-state index in [-0.39, 0.29) is 5.56 Å². The van der Waals surface area contributed by atoms with Crippen molar-refractivity contribution >= 4 is 21.6 Å². The van der Waals surface area contributed by atoms with Crippen molar-refractivity contribution in [2.24, 2.45) is 0 Å². The number of likely N-dealkylation sites (tertiary alicyclic amines) is 1. The summed E-state index contributed by atoms with van der Waals surface area (Å²) in [6.45, 7) is 4.07. The van der Waals surface area contributed by atoms with Gasteiger partial charge in [0.05, 0.1) is 11.9 Å². The highest BCUT2D eigenvalue weighted by Gasteiger charge is 2.19. The molecule has 0 spiro atoms. The van der Waals surface area contributed by atoms with Gasteiger partial charge >= 0.3 is 0 Å². The van der Waals surface area contributed by atoms with Crippen LogP contribution in [0.25, 0.3) is 20.7 Å². The maximum atomic E-state index is 12.5. The monoisotopic (exact) mass is 339 g/mol. The first kappa shape index (κ1) is 15.5. The molecule has 1 fully saturated rings. The van der Waals surface area contributed by atoms with Crippen LogP contribution in [-0.4, -0.2) is 27.5 Å². The molecule has 0 amide bonds. The summed E-state index contributed by atoms with van der Waals surface area (Å²) in [5, 5.41) is 0.689. The molecule has 0 unspecified atom stereocenters. The van der Waals surface area contributed by atoms with Gasteiger partial charge in [0, 0.05) is 10.9 Å². The molecule has 1 aromatic carbocycles. The van der Waals surface area contributed by atoms with Crippen molar-refractivity contribution in [2.75, 3.05) is 6.54 Å². The van der Waals surface area contributed by atoms with Gasteiger partial charge in [-0.15, -0.1) is 11.3 Å². The molecule has 0 bridgehead atoms. The lowest BCUT2D eigenvalue weighted by molar-refractivity contribution is 0.149. The molecule has 3 heterocycles. The summed E-state index contributed by atoms with van der Waals surface area (Å²) in [5.74, 6) is 0.780. The minimum atomic E-state index is -0.0295. The van der Waals surface area contributed by atoms with Crippen molar-refractivity contribution in [1.29, 1.82) is 0 Å². The van der Waals surface area contributed by atoms with E-state index in [1.807, 2.05) is 24.3 Å². The van der Waals surface area contributed by atoms with Crippen molar-refractivity contribution in [3.8, 4) is 10.4 Å². The van der Waals surface area contributed by atoms with Gasteiger partial charge in [0.15, 0.2) is 0 Å². The lowest BCUT2D eigenvalue weighted by Crippen LogP contribution is -2.37. The number of nitrogens with one attached hydrogen (secondary N) is 1. The third-order valence-corrected chi connectivity index (χ3v) is 5.88. The number of H-pyrrole nitrogens is 1. The Bertz CT molecular complexity index is 900. The van der Waals surface area contributed by atoms with Crippen LogP contribution in [0.3, 0.4) is 0 Å². The average Bonchev–Trinajstić information content (AvgIpc) is 3.03. The second kappa shape index (κ2) is 6.49. The molecule has 124 valence electrons. The summed E-state index contributed by atoms with van der Waals surface area (Å²) in [5.41, 5.74) is 1.10. The van der Waals surface area contributed by atoms with E-state index in [2.05, 4.69) is 28.9 Å². The summed E-state index contributed by atoms with van der Waals surface area (Å²) >= 11 is 1.59. The molecule has 3 aromatic rings. The summed E-state index contributed by atoms with van der Waals surface area (Å²) in [4.78, 5) is 24.5. The molecule has 1 aliphatic rings. The van der Waals surface area contributed by atoms with Gasteiger partial charge in [0.1, 0.15) is 10.7 Å². The van der Waals surface area contributed by atoms with Gasteiger partial charge in [-0.1, -0.05) is 36.8 Å². The molecule has 2 aromatic heterocycles. The lowest BCUT2D eigenvalue weighted by Gasteiger charge is -2.32. The van der Waals surface area contributed by atoms with Gasteiger partial charge in [0.25, 0.3) is 5.56 Å². The second-order valence-electron chi connectivity index (χ2n) is 6.52. The van der Waals surface area contributed by atoms with E-state index >= 15 is 0 Å². The zero-order chi connectivity index (χ0) is 16.5. The molecular weight excluding hydrogens is 318 g/mol. The molecule has 24 heavy (non-hydrogen) atoms. The zero-order valence-electron chi connectivity index (χ0n) is 13.8. The number of nitrogens with zero attached hydrogens (tertiary/aromatic N) is 2. The van der Waals surface area contributed by atoms with Crippen LogP contribution in [0.4, 0.5) is 0 Å². The molecular formula is C19H21N3OS. The molecule has 5 heteroatoms. The number of benzene rings is 1. The van der Waals surface area contributed by atoms with E-state index in [0.29, 0.717) is 11.4 Å². The zero-order valence-corrected chi connectivity index (χ0v) is 14.6. The molecule has 1 atom stereocenters. The number of hydrogen-bond donors (Lipinski definition) is 1. The molecule has 0 aliphatic carbocycles. The molecule has 4 rings (SSSR count). The van der Waals surface area contributed by atoms with Gasteiger partial charge < -0.3 is 4.98 Å². The molecule has 1 N–H and O–H groups in total. The van der Waals surface area contributed by atoms with Gasteiger partial charge in [-0.3, -0.25) is 9.69 Å². The van der Waals surface area contributed by atoms with Crippen LogP contribution in [0.5, 0.6) is 0 Å². The van der Waals surface area contributed by atoms with Gasteiger partial charge in [-0.2, -0.15) is 0 Å². The van der Waals surface area contributed by atoms with E-state index in [4.69, 9.17) is 4.98 Å². The normalized spacial score (nSPS) is 19.0. The summed E-state index contributed by atoms with van der Waals surface area (Å²) < 4.78 is 0. The van der Waals surface area contributed by atoms with Crippen LogP contribution in [0.15, 0.2) is 41.2 Å². The minimum absolute atomic E-state index is 0.0295. The average molecular weight is 339 g/mol. The van der Waals surface area contributed by atoms with E-state index in [0.717, 1.165) is 34.2 Å². The number of aromatic amines is 1. The largest absolute Gasteiger partial charge is 0.309 e. The highest BCUT2D eigenvalue weighted by atomic mass is 32.1. The Labute approximate surface area is 145 Å². The molecule has 1 saturated heterocycles. The Morgan fingerprint density at radius 2 is 2.12 bits per heavy atom. The summed E-state index contributed by atoms with van der Waals surface area (Å²) in [6, 6.07) is 12.7. The number of aromatic nitrogens is 2. The molecule has 0 saturated carbocycles. The quantitative estimate of drug-likeness (QED) is 0.784. The number of rotatable bonds is 3. The topological polar surface area (TPSA) is 49.0 Å². The first-order valence-electron chi connectivity index (χ1n) is 8.53. The van der Waals surface area contributed by atoms with Crippen LogP contribution < -0.4 is 5.56 Å². The predicted octanol–water partition coefficient (Wildman–Crippen LogP) is 4.03. The Balaban J connectivity index is 1.68. The fraction of sp³-hybridized carbons (Fsp3) is 0.368. The molecule has 1 aliphatic heterocycles. The smallest absolute Gasteiger partial charge is 0.259 e. The fourth-order valence-electron chi connectivity index (χ4n) is 3.38. The maximum Gasteiger partial charge on any atom is 0.259 e.